The van der Waals surface area contributed by atoms with Gasteiger partial charge in [-0.25, -0.2) is 9.78 Å². The molecule has 3 rings (SSSR count). The molecule has 7 nitrogen and oxygen atoms in total. The van der Waals surface area contributed by atoms with E-state index in [4.69, 9.17) is 0 Å². The number of hydrogen-bond donors (Lipinski definition) is 2. The molecule has 128 valence electrons. The number of hydrogen-bond acceptors (Lipinski definition) is 5. The number of nitrogens with one attached hydrogen (secondary N) is 1. The Balaban J connectivity index is 0.00000192. The number of fused-ring (bicyclic) bond motifs is 1. The summed E-state index contributed by atoms with van der Waals surface area (Å²) in [6, 6.07) is 0. The average molecular weight is 361 g/mol. The summed E-state index contributed by atoms with van der Waals surface area (Å²) in [7, 11) is 2.05. The van der Waals surface area contributed by atoms with E-state index in [1.165, 1.54) is 16.2 Å². The number of carbonyl (C=O) groups is 2. The highest BCUT2D eigenvalue weighted by atomic mass is 35.5. The number of carbonyl (C=O) groups excluding carboxylic acids is 1. The van der Waals surface area contributed by atoms with E-state index in [0.717, 1.165) is 42.9 Å². The first-order valence-electron chi connectivity index (χ1n) is 7.52. The molecule has 1 aromatic heterocycles. The van der Waals surface area contributed by atoms with Gasteiger partial charge in [0.05, 0.1) is 5.69 Å². The maximum absolute atomic E-state index is 12.4. The van der Waals surface area contributed by atoms with E-state index < -0.39 is 12.3 Å². The predicted octanol–water partition coefficient (Wildman–Crippen LogP) is 1.77. The zero-order chi connectivity index (χ0) is 15.7. The first-order valence-corrected chi connectivity index (χ1v) is 8.34. The molecular weight excluding hydrogens is 340 g/mol. The molecule has 0 bridgehead atoms. The number of piperidine rings is 1. The lowest BCUT2D eigenvalue weighted by Crippen LogP contribution is -2.52. The van der Waals surface area contributed by atoms with Crippen LogP contribution in [0.4, 0.5) is 4.79 Å². The second kappa shape index (κ2) is 7.46. The molecule has 9 heteroatoms. The molecule has 2 aliphatic rings. The summed E-state index contributed by atoms with van der Waals surface area (Å²) in [5.74, 6) is -0.264. The molecule has 0 aromatic carbocycles. The summed E-state index contributed by atoms with van der Waals surface area (Å²) in [6.07, 6.45) is 1.86. The highest BCUT2D eigenvalue weighted by Gasteiger charge is 2.29. The van der Waals surface area contributed by atoms with Crippen LogP contribution in [0.15, 0.2) is 0 Å². The molecule has 23 heavy (non-hydrogen) atoms. The summed E-state index contributed by atoms with van der Waals surface area (Å²) < 4.78 is 0. The van der Waals surface area contributed by atoms with Crippen LogP contribution in [0.2, 0.25) is 0 Å². The quantitative estimate of drug-likeness (QED) is 0.839. The zero-order valence-corrected chi connectivity index (χ0v) is 14.6. The van der Waals surface area contributed by atoms with Crippen LogP contribution in [0, 0.1) is 0 Å². The predicted molar refractivity (Wildman–Crippen MR) is 89.2 cm³/mol. The highest BCUT2D eigenvalue weighted by molar-refractivity contribution is 7.13. The lowest BCUT2D eigenvalue weighted by Gasteiger charge is -2.33. The van der Waals surface area contributed by atoms with Crippen LogP contribution in [0.5, 0.6) is 0 Å². The third-order valence-corrected chi connectivity index (χ3v) is 5.24. The van der Waals surface area contributed by atoms with Crippen molar-refractivity contribution in [2.45, 2.75) is 38.4 Å². The van der Waals surface area contributed by atoms with Gasteiger partial charge in [-0.05, 0) is 26.3 Å². The number of likely N-dealkylation sites (tertiary alicyclic amines) is 1. The maximum Gasteiger partial charge on any atom is 0.408 e. The first kappa shape index (κ1) is 18.0. The van der Waals surface area contributed by atoms with Gasteiger partial charge in [-0.1, -0.05) is 0 Å². The normalized spacial score (nSPS) is 21.3. The van der Waals surface area contributed by atoms with Gasteiger partial charge >= 0.3 is 6.09 Å². The molecule has 2 N–H and O–H groups in total. The Bertz CT molecular complexity index is 595. The summed E-state index contributed by atoms with van der Waals surface area (Å²) >= 11 is 1.41. The lowest BCUT2D eigenvalue weighted by molar-refractivity contribution is 0.0746. The van der Waals surface area contributed by atoms with Gasteiger partial charge in [0, 0.05) is 30.9 Å². The van der Waals surface area contributed by atoms with Crippen LogP contribution >= 0.6 is 23.7 Å². The molecule has 0 saturated carbocycles. The van der Waals surface area contributed by atoms with Crippen molar-refractivity contribution < 1.29 is 14.7 Å². The number of aromatic nitrogens is 1. The van der Waals surface area contributed by atoms with E-state index in [0.29, 0.717) is 18.0 Å². The van der Waals surface area contributed by atoms with Gasteiger partial charge in [0.2, 0.25) is 0 Å². The molecule has 1 unspecified atom stereocenters. The van der Waals surface area contributed by atoms with Crippen molar-refractivity contribution in [3.8, 4) is 0 Å². The molecule has 1 saturated heterocycles. The smallest absolute Gasteiger partial charge is 0.408 e. The molecule has 0 spiro atoms. The largest absolute Gasteiger partial charge is 0.465 e. The summed E-state index contributed by atoms with van der Waals surface area (Å²) in [5.41, 5.74) is 1.01. The van der Waals surface area contributed by atoms with E-state index >= 15 is 0 Å². The summed E-state index contributed by atoms with van der Waals surface area (Å²) in [4.78, 5) is 32.7. The molecule has 2 aliphatic heterocycles. The minimum atomic E-state index is -0.981. The van der Waals surface area contributed by atoms with Gasteiger partial charge in [0.1, 0.15) is 6.17 Å². The van der Waals surface area contributed by atoms with Crippen LogP contribution in [-0.4, -0.2) is 58.2 Å². The van der Waals surface area contributed by atoms with E-state index in [2.05, 4.69) is 22.2 Å². The fourth-order valence-electron chi connectivity index (χ4n) is 2.94. The molecule has 2 amide bonds. The van der Waals surface area contributed by atoms with Crippen molar-refractivity contribution in [2.75, 3.05) is 20.1 Å². The second-order valence-corrected chi connectivity index (χ2v) is 6.92. The van der Waals surface area contributed by atoms with Crippen LogP contribution in [0.1, 0.15) is 39.6 Å². The van der Waals surface area contributed by atoms with E-state index in [1.54, 1.807) is 0 Å². The van der Waals surface area contributed by atoms with E-state index in [9.17, 15) is 14.7 Å². The topological polar surface area (TPSA) is 85.8 Å². The lowest BCUT2D eigenvalue weighted by atomic mass is 10.1. The Morgan fingerprint density at radius 2 is 2.13 bits per heavy atom. The molecule has 1 aromatic rings. The van der Waals surface area contributed by atoms with Crippen LogP contribution < -0.4 is 5.32 Å². The maximum atomic E-state index is 12.4. The Kier molecular flexibility index (Phi) is 5.83. The third kappa shape index (κ3) is 3.94. The molecule has 3 heterocycles. The molecule has 1 fully saturated rings. The number of rotatable bonds is 2. The van der Waals surface area contributed by atoms with Crippen molar-refractivity contribution >= 4 is 35.7 Å². The third-order valence-electron chi connectivity index (χ3n) is 4.16. The monoisotopic (exact) mass is 360 g/mol. The molecular formula is C14H21ClN4O3S. The number of halogens is 1. The second-order valence-electron chi connectivity index (χ2n) is 5.84. The fraction of sp³-hybridized carbons (Fsp3) is 0.643. The number of nitrogens with zero attached hydrogens (tertiary/aromatic N) is 3. The minimum Gasteiger partial charge on any atom is -0.465 e. The van der Waals surface area contributed by atoms with Gasteiger partial charge in [-0.15, -0.1) is 23.7 Å². The number of carboxylic acid groups (broad SMARTS) is 1. The van der Waals surface area contributed by atoms with Crippen LogP contribution in [0.25, 0.3) is 0 Å². The Morgan fingerprint density at radius 3 is 2.87 bits per heavy atom. The fourth-order valence-corrected chi connectivity index (χ4v) is 4.04. The van der Waals surface area contributed by atoms with Gasteiger partial charge in [-0.2, -0.15) is 0 Å². The Labute approximate surface area is 145 Å². The summed E-state index contributed by atoms with van der Waals surface area (Å²) in [5, 5.41) is 12.5. The molecule has 0 aliphatic carbocycles. The van der Waals surface area contributed by atoms with Crippen molar-refractivity contribution in [3.05, 3.63) is 15.6 Å². The van der Waals surface area contributed by atoms with Crippen molar-refractivity contribution in [3.63, 3.8) is 0 Å². The van der Waals surface area contributed by atoms with Crippen LogP contribution in [0.3, 0.4) is 0 Å². The Morgan fingerprint density at radius 1 is 1.35 bits per heavy atom. The SMILES string of the molecule is CN1CCc2nc(C(=O)NC3CCCCN3C(=O)O)sc2C1.Cl. The molecule has 0 radical (unpaired) electrons. The number of likely N-dealkylation sites (N-methyl/N-ethyl adjacent to an activating group) is 1. The van der Waals surface area contributed by atoms with E-state index in [-0.39, 0.29) is 18.3 Å². The van der Waals surface area contributed by atoms with Gasteiger partial charge in [0.25, 0.3) is 5.91 Å². The standard InChI is InChI=1S/C14H20N4O3S.ClH/c1-17-7-5-9-10(8-17)22-13(15-9)12(19)16-11-4-2-3-6-18(11)14(20)21;/h11H,2-8H2,1H3,(H,16,19)(H,20,21);1H. The highest BCUT2D eigenvalue weighted by Crippen LogP contribution is 2.25. The van der Waals surface area contributed by atoms with Gasteiger partial charge in [-0.3, -0.25) is 9.69 Å². The number of amides is 2. The van der Waals surface area contributed by atoms with E-state index in [1.807, 2.05) is 0 Å². The van der Waals surface area contributed by atoms with Crippen molar-refractivity contribution in [2.24, 2.45) is 0 Å². The molecule has 1 atom stereocenters. The minimum absolute atomic E-state index is 0. The zero-order valence-electron chi connectivity index (χ0n) is 12.9. The van der Waals surface area contributed by atoms with Gasteiger partial charge < -0.3 is 15.3 Å². The first-order chi connectivity index (χ1) is 10.5. The average Bonchev–Trinajstić information content (AvgIpc) is 2.90. The Hall–Kier alpha value is -1.38. The van der Waals surface area contributed by atoms with Crippen LogP contribution in [-0.2, 0) is 13.0 Å². The number of thiazole rings is 1. The summed E-state index contributed by atoms with van der Waals surface area (Å²) in [6.45, 7) is 2.25. The van der Waals surface area contributed by atoms with Gasteiger partial charge in [0.15, 0.2) is 5.01 Å². The van der Waals surface area contributed by atoms with Crippen molar-refractivity contribution in [1.29, 1.82) is 0 Å². The van der Waals surface area contributed by atoms with Crippen molar-refractivity contribution in [1.82, 2.24) is 20.1 Å².